The fraction of sp³-hybridized carbons (Fsp3) is 0.500. The van der Waals surface area contributed by atoms with Crippen molar-refractivity contribution in [3.8, 4) is 5.88 Å². The average Bonchev–Trinajstić information content (AvgIpc) is 2.33. The maximum Gasteiger partial charge on any atom is 0.433 e. The summed E-state index contributed by atoms with van der Waals surface area (Å²) in [6.45, 7) is 0.682. The number of carbonyl (C=O) groups is 1. The molecule has 0 aliphatic carbocycles. The summed E-state index contributed by atoms with van der Waals surface area (Å²) in [6.07, 6.45) is -4.58. The Kier molecular flexibility index (Phi) is 4.37. The molecular formula is C12H12ClF3N2O2. The van der Waals surface area contributed by atoms with Gasteiger partial charge < -0.3 is 9.64 Å². The van der Waals surface area contributed by atoms with Crippen molar-refractivity contribution in [3.05, 3.63) is 23.9 Å². The minimum atomic E-state index is -4.50. The number of carbonyl (C=O) groups excluding carboxylic acids is 1. The molecule has 0 saturated carbocycles. The van der Waals surface area contributed by atoms with E-state index in [2.05, 4.69) is 4.98 Å². The third-order valence-corrected chi connectivity index (χ3v) is 3.00. The largest absolute Gasteiger partial charge is 0.471 e. The molecule has 1 aliphatic rings. The molecule has 0 spiro atoms. The Morgan fingerprint density at radius 1 is 1.45 bits per heavy atom. The Morgan fingerprint density at radius 2 is 2.15 bits per heavy atom. The lowest BCUT2D eigenvalue weighted by atomic mass is 10.1. The van der Waals surface area contributed by atoms with Gasteiger partial charge in [0.15, 0.2) is 0 Å². The fourth-order valence-electron chi connectivity index (χ4n) is 1.76. The minimum Gasteiger partial charge on any atom is -0.471 e. The van der Waals surface area contributed by atoms with Crippen molar-refractivity contribution in [2.45, 2.75) is 18.7 Å². The van der Waals surface area contributed by atoms with Gasteiger partial charge in [-0.1, -0.05) is 6.07 Å². The molecule has 0 atom stereocenters. The van der Waals surface area contributed by atoms with Crippen molar-refractivity contribution in [1.29, 1.82) is 0 Å². The van der Waals surface area contributed by atoms with Crippen LogP contribution >= 0.6 is 11.6 Å². The van der Waals surface area contributed by atoms with E-state index >= 15 is 0 Å². The highest BCUT2D eigenvalue weighted by Crippen LogP contribution is 2.29. The van der Waals surface area contributed by atoms with Gasteiger partial charge in [-0.05, 0) is 6.07 Å². The molecular weight excluding hydrogens is 297 g/mol. The molecule has 4 nitrogen and oxygen atoms in total. The van der Waals surface area contributed by atoms with Gasteiger partial charge in [-0.15, -0.1) is 11.6 Å². The number of likely N-dealkylation sites (tertiary alicyclic amines) is 1. The van der Waals surface area contributed by atoms with Crippen molar-refractivity contribution < 1.29 is 22.7 Å². The number of halogens is 4. The highest BCUT2D eigenvalue weighted by atomic mass is 35.5. The second-order valence-corrected chi connectivity index (χ2v) is 4.71. The van der Waals surface area contributed by atoms with E-state index in [-0.39, 0.29) is 30.2 Å². The zero-order valence-electron chi connectivity index (χ0n) is 10.4. The molecule has 1 aliphatic heterocycles. The first-order valence-electron chi connectivity index (χ1n) is 5.95. The molecule has 0 bridgehead atoms. The highest BCUT2D eigenvalue weighted by Gasteiger charge is 2.34. The lowest BCUT2D eigenvalue weighted by Gasteiger charge is -2.38. The fourth-order valence-corrected chi connectivity index (χ4v) is 1.93. The first-order valence-corrected chi connectivity index (χ1v) is 6.48. The Labute approximate surface area is 118 Å². The number of alkyl halides is 4. The summed E-state index contributed by atoms with van der Waals surface area (Å²) < 4.78 is 42.7. The standard InChI is InChI=1S/C12H12ClF3N2O2/c13-5-4-11(19)18-6-8(7-18)20-10-3-1-2-9(17-10)12(14,15)16/h1-3,8H,4-7H2. The highest BCUT2D eigenvalue weighted by molar-refractivity contribution is 6.18. The molecule has 8 heteroatoms. The minimum absolute atomic E-state index is 0.0862. The maximum atomic E-state index is 12.5. The average molecular weight is 309 g/mol. The van der Waals surface area contributed by atoms with E-state index in [4.69, 9.17) is 16.3 Å². The zero-order chi connectivity index (χ0) is 14.8. The summed E-state index contributed by atoms with van der Waals surface area (Å²) in [4.78, 5) is 16.4. The van der Waals surface area contributed by atoms with E-state index in [1.165, 1.54) is 12.1 Å². The molecule has 20 heavy (non-hydrogen) atoms. The Balaban J connectivity index is 1.89. The molecule has 1 aromatic rings. The molecule has 0 aromatic carbocycles. The third kappa shape index (κ3) is 3.53. The Hall–Kier alpha value is -1.50. The zero-order valence-corrected chi connectivity index (χ0v) is 11.1. The molecule has 2 heterocycles. The van der Waals surface area contributed by atoms with Gasteiger partial charge in [0.1, 0.15) is 11.8 Å². The van der Waals surface area contributed by atoms with Gasteiger partial charge in [-0.25, -0.2) is 4.98 Å². The molecule has 2 rings (SSSR count). The van der Waals surface area contributed by atoms with Gasteiger partial charge in [0.25, 0.3) is 0 Å². The second kappa shape index (κ2) is 5.87. The van der Waals surface area contributed by atoms with Crippen LogP contribution in [0.4, 0.5) is 13.2 Å². The van der Waals surface area contributed by atoms with Crippen LogP contribution < -0.4 is 4.74 Å². The lowest BCUT2D eigenvalue weighted by molar-refractivity contribution is -0.142. The summed E-state index contributed by atoms with van der Waals surface area (Å²) in [7, 11) is 0. The van der Waals surface area contributed by atoms with Gasteiger partial charge in [0.05, 0.1) is 13.1 Å². The smallest absolute Gasteiger partial charge is 0.433 e. The quantitative estimate of drug-likeness (QED) is 0.802. The van der Waals surface area contributed by atoms with E-state index in [1.54, 1.807) is 4.90 Å². The normalized spacial score (nSPS) is 15.9. The summed E-state index contributed by atoms with van der Waals surface area (Å²) in [5.74, 6) is 0.0712. The van der Waals surface area contributed by atoms with Crippen LogP contribution in [0.1, 0.15) is 12.1 Å². The number of ether oxygens (including phenoxy) is 1. The van der Waals surface area contributed by atoms with Gasteiger partial charge in [-0.2, -0.15) is 13.2 Å². The first kappa shape index (κ1) is 14.9. The topological polar surface area (TPSA) is 42.4 Å². The van der Waals surface area contributed by atoms with E-state index in [1.807, 2.05) is 0 Å². The van der Waals surface area contributed by atoms with Crippen LogP contribution in [0.5, 0.6) is 5.88 Å². The van der Waals surface area contributed by atoms with Crippen LogP contribution in [-0.2, 0) is 11.0 Å². The molecule has 1 saturated heterocycles. The summed E-state index contributed by atoms with van der Waals surface area (Å²) >= 11 is 5.45. The summed E-state index contributed by atoms with van der Waals surface area (Å²) in [5, 5.41) is 0. The van der Waals surface area contributed by atoms with Crippen molar-refractivity contribution in [2.24, 2.45) is 0 Å². The predicted molar refractivity (Wildman–Crippen MR) is 65.6 cm³/mol. The van der Waals surface area contributed by atoms with Crippen LogP contribution in [0.3, 0.4) is 0 Å². The van der Waals surface area contributed by atoms with Crippen LogP contribution in [0, 0.1) is 0 Å². The molecule has 1 fully saturated rings. The number of aromatic nitrogens is 1. The summed E-state index contributed by atoms with van der Waals surface area (Å²) in [6, 6.07) is 3.47. The van der Waals surface area contributed by atoms with Crippen molar-refractivity contribution in [2.75, 3.05) is 19.0 Å². The third-order valence-electron chi connectivity index (χ3n) is 2.81. The Morgan fingerprint density at radius 3 is 2.75 bits per heavy atom. The van der Waals surface area contributed by atoms with Crippen LogP contribution in [0.15, 0.2) is 18.2 Å². The van der Waals surface area contributed by atoms with E-state index < -0.39 is 11.9 Å². The maximum absolute atomic E-state index is 12.5. The van der Waals surface area contributed by atoms with Crippen molar-refractivity contribution in [1.82, 2.24) is 9.88 Å². The van der Waals surface area contributed by atoms with Crippen LogP contribution in [-0.4, -0.2) is 40.9 Å². The van der Waals surface area contributed by atoms with Crippen molar-refractivity contribution in [3.63, 3.8) is 0 Å². The van der Waals surface area contributed by atoms with Crippen molar-refractivity contribution >= 4 is 17.5 Å². The van der Waals surface area contributed by atoms with Crippen LogP contribution in [0.2, 0.25) is 0 Å². The Bertz CT molecular complexity index is 490. The van der Waals surface area contributed by atoms with Gasteiger partial charge in [0, 0.05) is 18.4 Å². The monoisotopic (exact) mass is 308 g/mol. The molecule has 110 valence electrons. The predicted octanol–water partition coefficient (Wildman–Crippen LogP) is 2.32. The molecule has 0 radical (unpaired) electrons. The van der Waals surface area contributed by atoms with Crippen LogP contribution in [0.25, 0.3) is 0 Å². The van der Waals surface area contributed by atoms with E-state index in [0.717, 1.165) is 6.07 Å². The second-order valence-electron chi connectivity index (χ2n) is 4.34. The molecule has 1 amide bonds. The number of rotatable bonds is 4. The number of hydrogen-bond donors (Lipinski definition) is 0. The molecule has 0 N–H and O–H groups in total. The lowest BCUT2D eigenvalue weighted by Crippen LogP contribution is -2.56. The summed E-state index contributed by atoms with van der Waals surface area (Å²) in [5.41, 5.74) is -0.996. The first-order chi connectivity index (χ1) is 9.40. The number of nitrogens with zero attached hydrogens (tertiary/aromatic N) is 2. The number of hydrogen-bond acceptors (Lipinski definition) is 3. The SMILES string of the molecule is O=C(CCCl)N1CC(Oc2cccc(C(F)(F)F)n2)C1. The van der Waals surface area contributed by atoms with E-state index in [9.17, 15) is 18.0 Å². The molecule has 0 unspecified atom stereocenters. The molecule has 1 aromatic heterocycles. The van der Waals surface area contributed by atoms with Gasteiger partial charge >= 0.3 is 6.18 Å². The van der Waals surface area contributed by atoms with E-state index in [0.29, 0.717) is 13.1 Å². The number of amides is 1. The number of pyridine rings is 1. The van der Waals surface area contributed by atoms with Gasteiger partial charge in [0.2, 0.25) is 11.8 Å². The van der Waals surface area contributed by atoms with Gasteiger partial charge in [-0.3, -0.25) is 4.79 Å².